The minimum atomic E-state index is -2.08. The first-order chi connectivity index (χ1) is 25.5. The van der Waals surface area contributed by atoms with Gasteiger partial charge in [-0.2, -0.15) is 0 Å². The second-order valence-electron chi connectivity index (χ2n) is 11.9. The van der Waals surface area contributed by atoms with Crippen LogP contribution in [0, 0.1) is 11.6 Å². The zero-order valence-electron chi connectivity index (χ0n) is 27.4. The number of nitrogens with one attached hydrogen (secondary N) is 3. The van der Waals surface area contributed by atoms with Crippen molar-refractivity contribution < 1.29 is 67.7 Å². The third-order valence-electron chi connectivity index (χ3n) is 8.45. The van der Waals surface area contributed by atoms with Crippen molar-refractivity contribution in [2.75, 3.05) is 26.2 Å². The van der Waals surface area contributed by atoms with Gasteiger partial charge in [0.1, 0.15) is 28.9 Å². The van der Waals surface area contributed by atoms with Crippen LogP contribution in [0.2, 0.25) is 10.0 Å². The van der Waals surface area contributed by atoms with Crippen LogP contribution in [0.15, 0.2) is 36.4 Å². The maximum atomic E-state index is 14.6. The van der Waals surface area contributed by atoms with Gasteiger partial charge in [-0.3, -0.25) is 24.1 Å². The standard InChI is InChI=1S/C32H28BCl2F2N5O12/c34-21-14(3-1-4-18(21)43)27(46)38-7-2-8-41-9-10-42(30(49)29(41)48)32(52)40-23(15-12-17(37)24(44)25(45)22(15)35)28(47)39-19-11-13-5-6-16(36)20(31(50)51)26(13)54-33(19)53/h1,3-6,12,19,23,43-45,53H,2,7-11H2,(H,38,46)(H,39,47)(H,40,52)(H,50,51)/t19-,23?/m0/s1. The molecule has 22 heteroatoms. The number of carbonyl (C=O) groups is 6. The Morgan fingerprint density at radius 3 is 2.41 bits per heavy atom. The summed E-state index contributed by atoms with van der Waals surface area (Å²) in [5.74, 6) is -13.3. The Hall–Kier alpha value is -5.86. The van der Waals surface area contributed by atoms with Crippen molar-refractivity contribution >= 4 is 65.9 Å². The van der Waals surface area contributed by atoms with Crippen LogP contribution < -0.4 is 20.6 Å². The van der Waals surface area contributed by atoms with Crippen molar-refractivity contribution in [3.8, 4) is 23.0 Å². The van der Waals surface area contributed by atoms with E-state index in [1.807, 2.05) is 0 Å². The summed E-state index contributed by atoms with van der Waals surface area (Å²) in [5.41, 5.74) is -1.43. The molecule has 0 saturated carbocycles. The third-order valence-corrected chi connectivity index (χ3v) is 9.25. The molecule has 284 valence electrons. The van der Waals surface area contributed by atoms with Gasteiger partial charge in [0.15, 0.2) is 17.3 Å². The van der Waals surface area contributed by atoms with Gasteiger partial charge in [0.25, 0.3) is 5.91 Å². The predicted molar refractivity (Wildman–Crippen MR) is 182 cm³/mol. The zero-order chi connectivity index (χ0) is 39.6. The zero-order valence-corrected chi connectivity index (χ0v) is 29.0. The number of rotatable bonds is 10. The number of carboxylic acids is 1. The van der Waals surface area contributed by atoms with Crippen LogP contribution in [0.4, 0.5) is 13.6 Å². The average molecular weight is 794 g/mol. The van der Waals surface area contributed by atoms with Gasteiger partial charge in [-0.15, -0.1) is 0 Å². The molecule has 1 fully saturated rings. The lowest BCUT2D eigenvalue weighted by Crippen LogP contribution is -2.60. The van der Waals surface area contributed by atoms with Crippen LogP contribution >= 0.6 is 23.2 Å². The molecular weight excluding hydrogens is 766 g/mol. The molecular formula is C32H28BCl2F2N5O12. The van der Waals surface area contributed by atoms with Gasteiger partial charge in [-0.05, 0) is 42.7 Å². The Kier molecular flexibility index (Phi) is 11.7. The predicted octanol–water partition coefficient (Wildman–Crippen LogP) is 1.47. The lowest BCUT2D eigenvalue weighted by atomic mass is 9.72. The van der Waals surface area contributed by atoms with Crippen molar-refractivity contribution in [2.24, 2.45) is 0 Å². The van der Waals surface area contributed by atoms with E-state index in [-0.39, 0.29) is 54.4 Å². The molecule has 3 aromatic carbocycles. The first-order valence-electron chi connectivity index (χ1n) is 15.8. The number of phenolic OH excluding ortho intramolecular Hbond substituents is 3. The third kappa shape index (κ3) is 7.89. The number of carbonyl (C=O) groups excluding carboxylic acids is 5. The van der Waals surface area contributed by atoms with Gasteiger partial charge in [0, 0.05) is 31.7 Å². The fourth-order valence-corrected chi connectivity index (χ4v) is 6.15. The number of hydrogen-bond acceptors (Lipinski definition) is 11. The van der Waals surface area contributed by atoms with Crippen LogP contribution in [0.1, 0.15) is 44.3 Å². The molecule has 17 nitrogen and oxygen atoms in total. The van der Waals surface area contributed by atoms with Gasteiger partial charge in [-0.25, -0.2) is 18.4 Å². The number of halogens is 4. The van der Waals surface area contributed by atoms with Gasteiger partial charge < -0.3 is 51.0 Å². The molecule has 2 aliphatic heterocycles. The normalized spacial score (nSPS) is 15.9. The molecule has 0 aromatic heterocycles. The number of amides is 6. The van der Waals surface area contributed by atoms with E-state index in [0.717, 1.165) is 17.0 Å². The maximum Gasteiger partial charge on any atom is 0.547 e. The molecule has 0 bridgehead atoms. The number of nitrogens with zero attached hydrogens (tertiary/aromatic N) is 2. The topological polar surface area (TPSA) is 255 Å². The Morgan fingerprint density at radius 1 is 0.981 bits per heavy atom. The fourth-order valence-electron chi connectivity index (χ4n) is 5.69. The lowest BCUT2D eigenvalue weighted by Gasteiger charge is -2.34. The largest absolute Gasteiger partial charge is 0.547 e. The van der Waals surface area contributed by atoms with Crippen LogP contribution in [0.5, 0.6) is 23.0 Å². The first kappa shape index (κ1) is 39.4. The van der Waals surface area contributed by atoms with Crippen molar-refractivity contribution in [3.63, 3.8) is 0 Å². The van der Waals surface area contributed by atoms with E-state index < -0.39 is 106 Å². The number of aromatic hydroxyl groups is 3. The first-order valence-corrected chi connectivity index (χ1v) is 16.5. The van der Waals surface area contributed by atoms with E-state index in [9.17, 15) is 63.0 Å². The van der Waals surface area contributed by atoms with E-state index in [1.54, 1.807) is 0 Å². The van der Waals surface area contributed by atoms with Crippen molar-refractivity contribution in [3.05, 3.63) is 80.3 Å². The summed E-state index contributed by atoms with van der Waals surface area (Å²) in [4.78, 5) is 78.7. The van der Waals surface area contributed by atoms with E-state index in [0.29, 0.717) is 11.0 Å². The molecule has 0 spiro atoms. The van der Waals surface area contributed by atoms with Crippen LogP contribution in [-0.2, 0) is 20.8 Å². The molecule has 2 atom stereocenters. The number of imide groups is 1. The number of urea groups is 1. The van der Waals surface area contributed by atoms with Crippen LogP contribution in [-0.4, -0.2) is 110 Å². The summed E-state index contributed by atoms with van der Waals surface area (Å²) in [6, 6.07) is 3.17. The van der Waals surface area contributed by atoms with E-state index in [1.165, 1.54) is 18.2 Å². The molecule has 2 aliphatic rings. The molecule has 5 rings (SSSR count). The molecule has 0 aliphatic carbocycles. The molecule has 54 heavy (non-hydrogen) atoms. The molecule has 6 amide bonds. The van der Waals surface area contributed by atoms with Gasteiger partial charge in [0.05, 0.1) is 21.5 Å². The summed E-state index contributed by atoms with van der Waals surface area (Å²) in [7, 11) is -1.98. The highest BCUT2D eigenvalue weighted by Crippen LogP contribution is 2.41. The molecule has 2 heterocycles. The second-order valence-corrected chi connectivity index (χ2v) is 12.6. The Bertz CT molecular complexity index is 2080. The number of phenols is 3. The molecule has 1 unspecified atom stereocenters. The van der Waals surface area contributed by atoms with Gasteiger partial charge >= 0.3 is 30.9 Å². The summed E-state index contributed by atoms with van der Waals surface area (Å²) < 4.78 is 34.0. The Balaban J connectivity index is 1.28. The summed E-state index contributed by atoms with van der Waals surface area (Å²) in [6.45, 7) is -0.575. The Labute approximate surface area is 313 Å². The number of carboxylic acid groups (broad SMARTS) is 1. The number of piperazine rings is 1. The number of benzene rings is 3. The van der Waals surface area contributed by atoms with E-state index >= 15 is 0 Å². The Morgan fingerprint density at radius 2 is 1.70 bits per heavy atom. The van der Waals surface area contributed by atoms with E-state index in [4.69, 9.17) is 27.9 Å². The average Bonchev–Trinajstić information content (AvgIpc) is 3.12. The smallest absolute Gasteiger partial charge is 0.534 e. The monoisotopic (exact) mass is 793 g/mol. The number of hydrogen-bond donors (Lipinski definition) is 8. The molecule has 8 N–H and O–H groups in total. The van der Waals surface area contributed by atoms with Gasteiger partial charge in [-0.1, -0.05) is 35.3 Å². The highest BCUT2D eigenvalue weighted by atomic mass is 35.5. The fraction of sp³-hybridized carbons (Fsp3) is 0.250. The van der Waals surface area contributed by atoms with Crippen LogP contribution in [0.25, 0.3) is 0 Å². The van der Waals surface area contributed by atoms with Crippen molar-refractivity contribution in [2.45, 2.75) is 24.8 Å². The SMILES string of the molecule is O=C(NCCCN1CCN(C(=O)NC(C(=O)N[C@H]2Cc3ccc(F)c(C(=O)O)c3OB2O)c2cc(F)c(O)c(O)c2Cl)C(=O)C1=O)c1cccc(O)c1Cl. The molecule has 0 radical (unpaired) electrons. The number of aromatic carboxylic acids is 1. The summed E-state index contributed by atoms with van der Waals surface area (Å²) in [6.07, 6.45) is -0.174. The highest BCUT2D eigenvalue weighted by Gasteiger charge is 2.42. The minimum Gasteiger partial charge on any atom is -0.534 e. The van der Waals surface area contributed by atoms with E-state index in [2.05, 4.69) is 16.0 Å². The quantitative estimate of drug-likeness (QED) is 0.0629. The van der Waals surface area contributed by atoms with Crippen molar-refractivity contribution in [1.82, 2.24) is 25.8 Å². The highest BCUT2D eigenvalue weighted by molar-refractivity contribution is 6.47. The summed E-state index contributed by atoms with van der Waals surface area (Å²) >= 11 is 12.1. The second kappa shape index (κ2) is 16.0. The van der Waals surface area contributed by atoms with Crippen LogP contribution in [0.3, 0.4) is 0 Å². The summed E-state index contributed by atoms with van der Waals surface area (Å²) in [5, 5.41) is 55.8. The number of fused-ring (bicyclic) bond motifs is 1. The maximum absolute atomic E-state index is 14.6. The molecule has 3 aromatic rings. The molecule has 1 saturated heterocycles. The van der Waals surface area contributed by atoms with Gasteiger partial charge in [0.2, 0.25) is 5.91 Å². The van der Waals surface area contributed by atoms with Crippen molar-refractivity contribution in [1.29, 1.82) is 0 Å². The lowest BCUT2D eigenvalue weighted by molar-refractivity contribution is -0.153. The minimum absolute atomic E-state index is 0.0145.